The Morgan fingerprint density at radius 2 is 0.370 bits per heavy atom. The van der Waals surface area contributed by atoms with Crippen LogP contribution in [0.2, 0.25) is 0 Å². The molecule has 0 saturated heterocycles. The number of hydrogen-bond acceptors (Lipinski definition) is 12. The van der Waals surface area contributed by atoms with E-state index >= 15 is 0 Å². The first-order valence-electron chi connectivity index (χ1n) is 5.45. The Bertz CT molecular complexity index is 272. The summed E-state index contributed by atoms with van der Waals surface area (Å²) >= 11 is 0. The number of carboxylic acids is 6. The predicted octanol–water partition coefficient (Wildman–Crippen LogP) is -8.61. The normalized spacial score (nSPS) is 5.56. The van der Waals surface area contributed by atoms with Gasteiger partial charge in [-0.1, -0.05) is 0 Å². The van der Waals surface area contributed by atoms with Gasteiger partial charge in [-0.3, -0.25) is 0 Å². The van der Waals surface area contributed by atoms with Gasteiger partial charge in [0.15, 0.2) is 0 Å². The monoisotopic (exact) mass is 458 g/mol. The average molecular weight is 459 g/mol. The Labute approximate surface area is 232 Å². The van der Waals surface area contributed by atoms with Crippen LogP contribution in [0.15, 0.2) is 0 Å². The summed E-state index contributed by atoms with van der Waals surface area (Å²) in [6.45, 7) is 5.83. The molecule has 0 fully saturated rings. The van der Waals surface area contributed by atoms with E-state index < -0.39 is 35.8 Å². The first-order valence-corrected chi connectivity index (χ1v) is 5.45. The summed E-state index contributed by atoms with van der Waals surface area (Å²) in [4.78, 5) is 53.3. The van der Waals surface area contributed by atoms with Crippen LogP contribution >= 0.6 is 0 Å². The van der Waals surface area contributed by atoms with Crippen molar-refractivity contribution in [1.29, 1.82) is 0 Å². The SMILES string of the molecule is CC(=O)[O-].CC(=O)[O-].CC(=O)[O-].CC(=O)[O-].CC(=O)[O-].CC(=O)[O-].[Ca+2].[Ca+2].[Mg+2]. The van der Waals surface area contributed by atoms with E-state index in [0.717, 1.165) is 41.5 Å². The fourth-order valence-electron chi connectivity index (χ4n) is 0. The minimum Gasteiger partial charge on any atom is -0.550 e. The third-order valence-corrected chi connectivity index (χ3v) is 0. The molecule has 15 heteroatoms. The number of rotatable bonds is 0. The molecule has 0 amide bonds. The van der Waals surface area contributed by atoms with Gasteiger partial charge in [0.25, 0.3) is 0 Å². The summed E-state index contributed by atoms with van der Waals surface area (Å²) < 4.78 is 0. The third kappa shape index (κ3) is 1360000. The molecule has 0 atom stereocenters. The van der Waals surface area contributed by atoms with Crippen molar-refractivity contribution in [3.63, 3.8) is 0 Å². The van der Waals surface area contributed by atoms with Gasteiger partial charge in [0, 0.05) is 35.8 Å². The summed E-state index contributed by atoms with van der Waals surface area (Å²) in [7, 11) is 0. The summed E-state index contributed by atoms with van der Waals surface area (Å²) in [6.07, 6.45) is 0. The van der Waals surface area contributed by atoms with Gasteiger partial charge in [-0.25, -0.2) is 0 Å². The molecule has 144 valence electrons. The number of carbonyl (C=O) groups is 6. The standard InChI is InChI=1S/6C2H4O2.2Ca.Mg/c6*1-2(3)4;;;/h6*1H3,(H,3,4);;;/q;;;;;;3*+2/p-6. The second-order valence-corrected chi connectivity index (χ2v) is 2.95. The zero-order chi connectivity index (χ0) is 21.5. The number of hydrogen-bond donors (Lipinski definition) is 0. The first kappa shape index (κ1) is 56.4. The van der Waals surface area contributed by atoms with E-state index in [1.54, 1.807) is 0 Å². The maximum atomic E-state index is 8.89. The number of carboxylic acid groups (broad SMARTS) is 6. The van der Waals surface area contributed by atoms with Crippen molar-refractivity contribution in [3.05, 3.63) is 0 Å². The Balaban J connectivity index is -0.0000000201. The first-order chi connectivity index (χ1) is 10.4. The van der Waals surface area contributed by atoms with Crippen molar-refractivity contribution in [2.75, 3.05) is 0 Å². The molecule has 0 bridgehead atoms. The van der Waals surface area contributed by atoms with Crippen LogP contribution in [0.25, 0.3) is 0 Å². The molecule has 0 spiro atoms. The Kier molecular flexibility index (Phi) is 105. The molecule has 12 nitrogen and oxygen atoms in total. The average Bonchev–Trinajstić information content (AvgIpc) is 2.08. The Hall–Kier alpha value is 0.106. The van der Waals surface area contributed by atoms with Crippen molar-refractivity contribution in [2.24, 2.45) is 0 Å². The van der Waals surface area contributed by atoms with Gasteiger partial charge in [-0.05, 0) is 41.5 Å². The van der Waals surface area contributed by atoms with Crippen LogP contribution in [0.1, 0.15) is 41.5 Å². The van der Waals surface area contributed by atoms with Crippen molar-refractivity contribution in [1.82, 2.24) is 0 Å². The molecule has 0 aromatic rings. The van der Waals surface area contributed by atoms with Crippen LogP contribution in [-0.4, -0.2) is 134 Å². The van der Waals surface area contributed by atoms with E-state index in [4.69, 9.17) is 59.4 Å². The molecule has 0 N–H and O–H groups in total. The maximum Gasteiger partial charge on any atom is 2.00 e. The molecular weight excluding hydrogens is 441 g/mol. The van der Waals surface area contributed by atoms with Gasteiger partial charge in [0.2, 0.25) is 0 Å². The molecular formula is C12H18Ca2MgO12. The molecule has 0 aliphatic carbocycles. The zero-order valence-electron chi connectivity index (χ0n) is 16.0. The fourth-order valence-corrected chi connectivity index (χ4v) is 0. The topological polar surface area (TPSA) is 241 Å². The Morgan fingerprint density at radius 1 is 0.370 bits per heavy atom. The molecule has 0 rings (SSSR count). The molecule has 0 unspecified atom stereocenters. The molecule has 0 heterocycles. The van der Waals surface area contributed by atoms with Crippen LogP contribution in [0.4, 0.5) is 0 Å². The molecule has 0 aliphatic heterocycles. The van der Waals surface area contributed by atoms with Crippen molar-refractivity contribution >= 4 is 134 Å². The largest absolute Gasteiger partial charge is 2.00 e. The molecule has 0 radical (unpaired) electrons. The smallest absolute Gasteiger partial charge is 0.550 e. The second-order valence-electron chi connectivity index (χ2n) is 2.95. The van der Waals surface area contributed by atoms with Gasteiger partial charge in [0.05, 0.1) is 0 Å². The van der Waals surface area contributed by atoms with E-state index in [2.05, 4.69) is 0 Å². The van der Waals surface area contributed by atoms with E-state index in [0.29, 0.717) is 0 Å². The molecule has 0 aromatic carbocycles. The van der Waals surface area contributed by atoms with E-state index in [1.165, 1.54) is 0 Å². The van der Waals surface area contributed by atoms with Gasteiger partial charge >= 0.3 is 98.5 Å². The third-order valence-electron chi connectivity index (χ3n) is 0. The number of aliphatic carboxylic acids is 6. The van der Waals surface area contributed by atoms with Gasteiger partial charge in [-0.15, -0.1) is 0 Å². The summed E-state index contributed by atoms with van der Waals surface area (Å²) in [6, 6.07) is 0. The van der Waals surface area contributed by atoms with Crippen molar-refractivity contribution in [3.8, 4) is 0 Å². The van der Waals surface area contributed by atoms with Crippen LogP contribution in [0.3, 0.4) is 0 Å². The summed E-state index contributed by atoms with van der Waals surface area (Å²) in [5.74, 6) is -6.50. The predicted molar refractivity (Wildman–Crippen MR) is 81.3 cm³/mol. The molecule has 0 aromatic heterocycles. The summed E-state index contributed by atoms with van der Waals surface area (Å²) in [5.41, 5.74) is 0. The van der Waals surface area contributed by atoms with Crippen LogP contribution < -0.4 is 30.6 Å². The molecule has 27 heavy (non-hydrogen) atoms. The van der Waals surface area contributed by atoms with Crippen molar-refractivity contribution < 1.29 is 59.4 Å². The fraction of sp³-hybridized carbons (Fsp3) is 0.500. The maximum absolute atomic E-state index is 8.89. The quantitative estimate of drug-likeness (QED) is 0.307. The van der Waals surface area contributed by atoms with Gasteiger partial charge < -0.3 is 59.4 Å². The van der Waals surface area contributed by atoms with E-state index in [-0.39, 0.29) is 98.5 Å². The Morgan fingerprint density at radius 3 is 0.370 bits per heavy atom. The minimum absolute atomic E-state index is 0. The van der Waals surface area contributed by atoms with E-state index in [1.807, 2.05) is 0 Å². The molecule has 0 saturated carbocycles. The number of carbonyl (C=O) groups excluding carboxylic acids is 6. The summed E-state index contributed by atoms with van der Waals surface area (Å²) in [5, 5.41) is 53.3. The van der Waals surface area contributed by atoms with Gasteiger partial charge in [0.1, 0.15) is 0 Å². The van der Waals surface area contributed by atoms with Crippen LogP contribution in [-0.2, 0) is 28.8 Å². The van der Waals surface area contributed by atoms with Crippen LogP contribution in [0.5, 0.6) is 0 Å². The minimum atomic E-state index is -1.08. The zero-order valence-corrected chi connectivity index (χ0v) is 21.9. The molecule has 0 aliphatic rings. The van der Waals surface area contributed by atoms with Crippen LogP contribution in [0, 0.1) is 0 Å². The van der Waals surface area contributed by atoms with E-state index in [9.17, 15) is 0 Å². The van der Waals surface area contributed by atoms with Gasteiger partial charge in [-0.2, -0.15) is 0 Å². The van der Waals surface area contributed by atoms with Crippen molar-refractivity contribution in [2.45, 2.75) is 41.5 Å². The second kappa shape index (κ2) is 50.2.